The number of nitrogens with one attached hydrogen (secondary N) is 1. The number of hydrogen-bond acceptors (Lipinski definition) is 5. The average Bonchev–Trinajstić information content (AvgIpc) is 3.07. The molecular formula is C18H19N5O. The lowest BCUT2D eigenvalue weighted by Crippen LogP contribution is -2.10. The van der Waals surface area contributed by atoms with Crippen LogP contribution < -0.4 is 5.32 Å². The van der Waals surface area contributed by atoms with Gasteiger partial charge in [0.15, 0.2) is 11.5 Å². The van der Waals surface area contributed by atoms with Crippen molar-refractivity contribution in [2.24, 2.45) is 0 Å². The summed E-state index contributed by atoms with van der Waals surface area (Å²) in [4.78, 5) is 0. The van der Waals surface area contributed by atoms with E-state index in [0.717, 1.165) is 55.5 Å². The number of nitrogens with zero attached hydrogens (tertiary/aromatic N) is 4. The van der Waals surface area contributed by atoms with E-state index in [2.05, 4.69) is 26.7 Å². The van der Waals surface area contributed by atoms with Crippen molar-refractivity contribution in [2.45, 2.75) is 12.8 Å². The summed E-state index contributed by atoms with van der Waals surface area (Å²) in [7, 11) is 0. The molecule has 1 N–H and O–H groups in total. The van der Waals surface area contributed by atoms with E-state index in [1.54, 1.807) is 4.52 Å². The molecule has 0 amide bonds. The molecule has 0 unspecified atom stereocenters. The average molecular weight is 321 g/mol. The number of ether oxygens (including phenoxy) is 1. The Morgan fingerprint density at radius 2 is 2.00 bits per heavy atom. The minimum atomic E-state index is 0.737. The Hall–Kier alpha value is -2.73. The standard InChI is InChI=1S/C18H19N5O/c1-2-4-15(5-3-1)18-21-20-17-7-6-16(22-23(17)18)19-11-8-14-9-12-24-13-10-14/h1-7,9H,8,10-13H2,(H,19,22). The first-order valence-electron chi connectivity index (χ1n) is 8.17. The summed E-state index contributed by atoms with van der Waals surface area (Å²) in [5.41, 5.74) is 3.19. The summed E-state index contributed by atoms with van der Waals surface area (Å²) in [5, 5.41) is 16.5. The second kappa shape index (κ2) is 6.80. The molecule has 6 nitrogen and oxygen atoms in total. The van der Waals surface area contributed by atoms with Crippen LogP contribution in [0, 0.1) is 0 Å². The fourth-order valence-corrected chi connectivity index (χ4v) is 2.79. The van der Waals surface area contributed by atoms with Gasteiger partial charge in [0.1, 0.15) is 5.82 Å². The van der Waals surface area contributed by atoms with Crippen LogP contribution >= 0.6 is 0 Å². The van der Waals surface area contributed by atoms with Crippen LogP contribution in [0.25, 0.3) is 17.0 Å². The van der Waals surface area contributed by atoms with Crippen molar-refractivity contribution in [3.05, 3.63) is 54.1 Å². The molecule has 0 radical (unpaired) electrons. The molecule has 1 aromatic carbocycles. The van der Waals surface area contributed by atoms with Crippen molar-refractivity contribution in [1.82, 2.24) is 19.8 Å². The number of aromatic nitrogens is 4. The van der Waals surface area contributed by atoms with Gasteiger partial charge in [0.25, 0.3) is 0 Å². The zero-order valence-electron chi connectivity index (χ0n) is 13.4. The normalized spacial score (nSPS) is 14.6. The second-order valence-corrected chi connectivity index (χ2v) is 5.74. The van der Waals surface area contributed by atoms with E-state index in [4.69, 9.17) is 4.74 Å². The lowest BCUT2D eigenvalue weighted by atomic mass is 10.1. The summed E-state index contributed by atoms with van der Waals surface area (Å²) in [5.74, 6) is 1.58. The van der Waals surface area contributed by atoms with Gasteiger partial charge >= 0.3 is 0 Å². The third-order valence-electron chi connectivity index (χ3n) is 4.10. The highest BCUT2D eigenvalue weighted by Gasteiger charge is 2.09. The maximum Gasteiger partial charge on any atom is 0.185 e. The van der Waals surface area contributed by atoms with Crippen LogP contribution in [0.2, 0.25) is 0 Å². The third-order valence-corrected chi connectivity index (χ3v) is 4.10. The summed E-state index contributed by atoms with van der Waals surface area (Å²) < 4.78 is 7.12. The molecule has 3 aromatic rings. The van der Waals surface area contributed by atoms with Gasteiger partial charge in [-0.3, -0.25) is 0 Å². The minimum absolute atomic E-state index is 0.737. The fraction of sp³-hybridized carbons (Fsp3) is 0.278. The first-order chi connectivity index (χ1) is 11.9. The lowest BCUT2D eigenvalue weighted by molar-refractivity contribution is 0.153. The maximum atomic E-state index is 5.33. The highest BCUT2D eigenvalue weighted by Crippen LogP contribution is 2.18. The molecule has 24 heavy (non-hydrogen) atoms. The summed E-state index contributed by atoms with van der Waals surface area (Å²) in [6.07, 6.45) is 4.21. The molecule has 122 valence electrons. The van der Waals surface area contributed by atoms with Gasteiger partial charge in [-0.05, 0) is 25.0 Å². The van der Waals surface area contributed by atoms with Crippen molar-refractivity contribution in [2.75, 3.05) is 25.1 Å². The Labute approximate surface area is 140 Å². The van der Waals surface area contributed by atoms with Crippen LogP contribution in [-0.2, 0) is 4.74 Å². The van der Waals surface area contributed by atoms with Gasteiger partial charge in [-0.15, -0.1) is 15.3 Å². The molecule has 0 bridgehead atoms. The van der Waals surface area contributed by atoms with Crippen molar-refractivity contribution in [3.8, 4) is 11.4 Å². The minimum Gasteiger partial charge on any atom is -0.377 e. The molecule has 6 heteroatoms. The smallest absolute Gasteiger partial charge is 0.185 e. The second-order valence-electron chi connectivity index (χ2n) is 5.74. The third kappa shape index (κ3) is 3.14. The number of anilines is 1. The molecule has 0 fully saturated rings. The van der Waals surface area contributed by atoms with E-state index >= 15 is 0 Å². The van der Waals surface area contributed by atoms with E-state index in [-0.39, 0.29) is 0 Å². The van der Waals surface area contributed by atoms with Crippen LogP contribution in [0.4, 0.5) is 5.82 Å². The van der Waals surface area contributed by atoms with E-state index in [9.17, 15) is 0 Å². The molecular weight excluding hydrogens is 302 g/mol. The SMILES string of the molecule is C1=C(CCNc2ccc3nnc(-c4ccccc4)n3n2)CCOC1. The Bertz CT molecular complexity index is 856. The van der Waals surface area contributed by atoms with Crippen molar-refractivity contribution in [3.63, 3.8) is 0 Å². The first kappa shape index (κ1) is 14.8. The summed E-state index contributed by atoms with van der Waals surface area (Å²) in [6.45, 7) is 2.42. The van der Waals surface area contributed by atoms with E-state index < -0.39 is 0 Å². The molecule has 4 rings (SSSR count). The molecule has 0 saturated carbocycles. The number of fused-ring (bicyclic) bond motifs is 1. The number of benzene rings is 1. The molecule has 1 aliphatic heterocycles. The molecule has 0 atom stereocenters. The zero-order chi connectivity index (χ0) is 16.2. The monoisotopic (exact) mass is 321 g/mol. The van der Waals surface area contributed by atoms with Gasteiger partial charge in [-0.25, -0.2) is 0 Å². The van der Waals surface area contributed by atoms with E-state index in [1.165, 1.54) is 5.57 Å². The van der Waals surface area contributed by atoms with Gasteiger partial charge in [0, 0.05) is 12.1 Å². The molecule has 0 aliphatic carbocycles. The first-order valence-corrected chi connectivity index (χ1v) is 8.17. The topological polar surface area (TPSA) is 64.3 Å². The molecule has 1 aliphatic rings. The Balaban J connectivity index is 1.51. The van der Waals surface area contributed by atoms with E-state index in [1.807, 2.05) is 42.5 Å². The molecule has 2 aromatic heterocycles. The van der Waals surface area contributed by atoms with Crippen LogP contribution in [-0.4, -0.2) is 39.6 Å². The van der Waals surface area contributed by atoms with Crippen molar-refractivity contribution < 1.29 is 4.74 Å². The highest BCUT2D eigenvalue weighted by atomic mass is 16.5. The summed E-state index contributed by atoms with van der Waals surface area (Å²) in [6, 6.07) is 13.9. The van der Waals surface area contributed by atoms with Gasteiger partial charge < -0.3 is 10.1 Å². The predicted molar refractivity (Wildman–Crippen MR) is 92.8 cm³/mol. The highest BCUT2D eigenvalue weighted by molar-refractivity contribution is 5.59. The Morgan fingerprint density at radius 1 is 1.08 bits per heavy atom. The van der Waals surface area contributed by atoms with Crippen LogP contribution in [0.1, 0.15) is 12.8 Å². The lowest BCUT2D eigenvalue weighted by Gasteiger charge is -2.13. The van der Waals surface area contributed by atoms with Gasteiger partial charge in [0.2, 0.25) is 0 Å². The molecule has 0 spiro atoms. The largest absolute Gasteiger partial charge is 0.377 e. The quantitative estimate of drug-likeness (QED) is 0.732. The van der Waals surface area contributed by atoms with E-state index in [0.29, 0.717) is 0 Å². The predicted octanol–water partition coefficient (Wildman–Crippen LogP) is 2.94. The zero-order valence-corrected chi connectivity index (χ0v) is 13.4. The number of hydrogen-bond donors (Lipinski definition) is 1. The Morgan fingerprint density at radius 3 is 2.83 bits per heavy atom. The van der Waals surface area contributed by atoms with Crippen LogP contribution in [0.3, 0.4) is 0 Å². The molecule has 3 heterocycles. The van der Waals surface area contributed by atoms with Gasteiger partial charge in [-0.2, -0.15) is 4.52 Å². The summed E-state index contributed by atoms with van der Waals surface area (Å²) >= 11 is 0. The van der Waals surface area contributed by atoms with Crippen LogP contribution in [0.15, 0.2) is 54.1 Å². The fourth-order valence-electron chi connectivity index (χ4n) is 2.79. The van der Waals surface area contributed by atoms with Crippen molar-refractivity contribution >= 4 is 11.5 Å². The molecule has 0 saturated heterocycles. The van der Waals surface area contributed by atoms with Crippen molar-refractivity contribution in [1.29, 1.82) is 0 Å². The number of rotatable bonds is 5. The van der Waals surface area contributed by atoms with Gasteiger partial charge in [-0.1, -0.05) is 42.0 Å². The van der Waals surface area contributed by atoms with Gasteiger partial charge in [0.05, 0.1) is 13.2 Å². The maximum absolute atomic E-state index is 5.33. The van der Waals surface area contributed by atoms with Crippen LogP contribution in [0.5, 0.6) is 0 Å². The Kier molecular flexibility index (Phi) is 4.20.